The summed E-state index contributed by atoms with van der Waals surface area (Å²) in [5, 5.41) is 5.08. The first-order chi connectivity index (χ1) is 12.0. The van der Waals surface area contributed by atoms with Crippen LogP contribution in [0, 0.1) is 0 Å². The van der Waals surface area contributed by atoms with Crippen molar-refractivity contribution in [1.29, 1.82) is 0 Å². The lowest BCUT2D eigenvalue weighted by Gasteiger charge is -2.23. The van der Waals surface area contributed by atoms with E-state index in [0.717, 1.165) is 0 Å². The molecule has 0 aromatic rings. The highest BCUT2D eigenvalue weighted by Gasteiger charge is 2.35. The highest BCUT2D eigenvalue weighted by Crippen LogP contribution is 2.14. The van der Waals surface area contributed by atoms with Gasteiger partial charge in [-0.1, -0.05) is 0 Å². The number of nitrogens with zero attached hydrogens (tertiary/aromatic N) is 1. The first-order valence-corrected chi connectivity index (χ1v) is 8.10. The van der Waals surface area contributed by atoms with Gasteiger partial charge in [0.15, 0.2) is 0 Å². The smallest absolute Gasteiger partial charge is 0.408 e. The maximum Gasteiger partial charge on any atom is 0.408 e. The zero-order valence-electron chi connectivity index (χ0n) is 15.0. The van der Waals surface area contributed by atoms with Gasteiger partial charge in [0.2, 0.25) is 0 Å². The number of hydrogen-bond donors (Lipinski definition) is 3. The molecule has 4 N–H and O–H groups in total. The molecule has 5 amide bonds. The molecule has 0 radical (unpaired) electrons. The normalized spacial score (nSPS) is 15.4. The molecule has 1 aliphatic rings. The number of carbonyl (C=O) groups excluding carboxylic acids is 5. The third-order valence-corrected chi connectivity index (χ3v) is 3.13. The fraction of sp³-hybridized carbons (Fsp3) is 0.667. The number of carbonyl (C=O) groups is 5. The molecule has 0 aromatic carbocycles. The Morgan fingerprint density at radius 1 is 1.19 bits per heavy atom. The largest absolute Gasteiger partial charge is 0.444 e. The Balaban J connectivity index is 2.69. The van der Waals surface area contributed by atoms with Gasteiger partial charge < -0.3 is 25.9 Å². The van der Waals surface area contributed by atoms with Crippen LogP contribution in [0.1, 0.15) is 46.5 Å². The molecule has 11 heteroatoms. The van der Waals surface area contributed by atoms with Gasteiger partial charge >= 0.3 is 18.1 Å². The third kappa shape index (κ3) is 7.36. The van der Waals surface area contributed by atoms with Crippen LogP contribution >= 0.6 is 0 Å². The molecule has 0 spiro atoms. The van der Waals surface area contributed by atoms with Gasteiger partial charge in [-0.3, -0.25) is 9.59 Å². The Labute approximate surface area is 150 Å². The molecule has 1 unspecified atom stereocenters. The standard InChI is InChI=1S/C15H24N4O7/c1-15(2,3)25-14(24)18-9(5-4-8-17-13(16)23)12(22)26-19-10(20)6-7-11(19)21/h9H,4-8H2,1-3H3,(H,18,24)(H3,16,17,23). The molecule has 0 aliphatic carbocycles. The van der Waals surface area contributed by atoms with Crippen LogP contribution in [0.15, 0.2) is 0 Å². The molecule has 1 rings (SSSR count). The van der Waals surface area contributed by atoms with Crippen molar-refractivity contribution in [2.45, 2.75) is 58.1 Å². The number of nitrogens with two attached hydrogens (primary N) is 1. The van der Waals surface area contributed by atoms with Crippen molar-refractivity contribution in [2.75, 3.05) is 6.54 Å². The first-order valence-electron chi connectivity index (χ1n) is 8.10. The average molecular weight is 372 g/mol. The van der Waals surface area contributed by atoms with Crippen molar-refractivity contribution in [1.82, 2.24) is 15.7 Å². The summed E-state index contributed by atoms with van der Waals surface area (Å²) in [6.07, 6.45) is -0.603. The van der Waals surface area contributed by atoms with Crippen LogP contribution in [0.5, 0.6) is 0 Å². The van der Waals surface area contributed by atoms with Crippen molar-refractivity contribution in [3.05, 3.63) is 0 Å². The van der Waals surface area contributed by atoms with E-state index in [2.05, 4.69) is 10.6 Å². The van der Waals surface area contributed by atoms with Gasteiger partial charge in [-0.05, 0) is 33.6 Å². The number of rotatable bonds is 7. The van der Waals surface area contributed by atoms with Crippen LogP contribution in [-0.4, -0.2) is 53.2 Å². The molecule has 11 nitrogen and oxygen atoms in total. The van der Waals surface area contributed by atoms with E-state index in [1.54, 1.807) is 20.8 Å². The number of hydroxylamine groups is 2. The Morgan fingerprint density at radius 2 is 1.77 bits per heavy atom. The van der Waals surface area contributed by atoms with Crippen molar-refractivity contribution in [3.63, 3.8) is 0 Å². The lowest BCUT2D eigenvalue weighted by Crippen LogP contribution is -2.47. The highest BCUT2D eigenvalue weighted by molar-refractivity contribution is 6.01. The van der Waals surface area contributed by atoms with E-state index >= 15 is 0 Å². The Bertz CT molecular complexity index is 569. The molecule has 26 heavy (non-hydrogen) atoms. The van der Waals surface area contributed by atoms with Crippen molar-refractivity contribution in [3.8, 4) is 0 Å². The fourth-order valence-corrected chi connectivity index (χ4v) is 2.03. The summed E-state index contributed by atoms with van der Waals surface area (Å²) in [7, 11) is 0. The number of imide groups is 1. The van der Waals surface area contributed by atoms with Gasteiger partial charge in [0.25, 0.3) is 11.8 Å². The van der Waals surface area contributed by atoms with E-state index in [0.29, 0.717) is 5.06 Å². The van der Waals surface area contributed by atoms with Crippen molar-refractivity contribution < 1.29 is 33.5 Å². The maximum atomic E-state index is 12.3. The summed E-state index contributed by atoms with van der Waals surface area (Å²) in [6, 6.07) is -1.90. The zero-order chi connectivity index (χ0) is 19.9. The van der Waals surface area contributed by atoms with Crippen molar-refractivity contribution >= 4 is 29.9 Å². The molecule has 1 atom stereocenters. The van der Waals surface area contributed by atoms with Crippen LogP contribution in [0.2, 0.25) is 0 Å². The summed E-state index contributed by atoms with van der Waals surface area (Å²) in [5.74, 6) is -2.25. The van der Waals surface area contributed by atoms with Gasteiger partial charge in [-0.25, -0.2) is 14.4 Å². The quantitative estimate of drug-likeness (QED) is 0.417. The summed E-state index contributed by atoms with van der Waals surface area (Å²) in [5.41, 5.74) is 4.16. The minimum atomic E-state index is -1.18. The number of urea groups is 1. The second-order valence-corrected chi connectivity index (χ2v) is 6.62. The molecule has 0 aromatic heterocycles. The van der Waals surface area contributed by atoms with E-state index < -0.39 is 41.6 Å². The molecule has 1 heterocycles. The van der Waals surface area contributed by atoms with E-state index in [9.17, 15) is 24.0 Å². The predicted octanol–water partition coefficient (Wildman–Crippen LogP) is -0.0646. The lowest BCUT2D eigenvalue weighted by atomic mass is 10.1. The molecule has 146 valence electrons. The Morgan fingerprint density at radius 3 is 2.27 bits per heavy atom. The summed E-state index contributed by atoms with van der Waals surface area (Å²) < 4.78 is 5.08. The topological polar surface area (TPSA) is 157 Å². The maximum absolute atomic E-state index is 12.3. The van der Waals surface area contributed by atoms with Gasteiger partial charge in [0.1, 0.15) is 11.6 Å². The predicted molar refractivity (Wildman–Crippen MR) is 87.2 cm³/mol. The summed E-state index contributed by atoms with van der Waals surface area (Å²) in [4.78, 5) is 62.7. The van der Waals surface area contributed by atoms with Gasteiger partial charge in [-0.15, -0.1) is 5.06 Å². The fourth-order valence-electron chi connectivity index (χ4n) is 2.03. The SMILES string of the molecule is CC(C)(C)OC(=O)NC(CCCNC(N)=O)C(=O)ON1C(=O)CCC1=O. The lowest BCUT2D eigenvalue weighted by molar-refractivity contribution is -0.199. The second kappa shape index (κ2) is 9.02. The molecule has 0 saturated carbocycles. The Hall–Kier alpha value is -2.85. The second-order valence-electron chi connectivity index (χ2n) is 6.62. The zero-order valence-corrected chi connectivity index (χ0v) is 15.0. The van der Waals surface area contributed by atoms with Crippen LogP contribution in [0.25, 0.3) is 0 Å². The average Bonchev–Trinajstić information content (AvgIpc) is 2.80. The molecular formula is C15H24N4O7. The van der Waals surface area contributed by atoms with Gasteiger partial charge in [0, 0.05) is 19.4 Å². The highest BCUT2D eigenvalue weighted by atomic mass is 16.7. The number of ether oxygens (including phenoxy) is 1. The van der Waals surface area contributed by atoms with Crippen LogP contribution in [0.4, 0.5) is 9.59 Å². The number of hydrogen-bond acceptors (Lipinski definition) is 7. The summed E-state index contributed by atoms with van der Waals surface area (Å²) >= 11 is 0. The number of amides is 5. The Kier molecular flexibility index (Phi) is 7.35. The minimum Gasteiger partial charge on any atom is -0.444 e. The van der Waals surface area contributed by atoms with Crippen molar-refractivity contribution in [2.24, 2.45) is 5.73 Å². The van der Waals surface area contributed by atoms with Gasteiger partial charge in [0.05, 0.1) is 0 Å². The van der Waals surface area contributed by atoms with E-state index in [1.807, 2.05) is 0 Å². The molecule has 1 fully saturated rings. The molecule has 1 saturated heterocycles. The number of primary amides is 1. The first kappa shape index (κ1) is 21.2. The van der Waals surface area contributed by atoms with Crippen LogP contribution in [0.3, 0.4) is 0 Å². The van der Waals surface area contributed by atoms with Crippen LogP contribution in [-0.2, 0) is 24.0 Å². The van der Waals surface area contributed by atoms with Crippen LogP contribution < -0.4 is 16.4 Å². The molecule has 0 bridgehead atoms. The minimum absolute atomic E-state index is 0.0429. The van der Waals surface area contributed by atoms with E-state index in [-0.39, 0.29) is 32.2 Å². The molecular weight excluding hydrogens is 348 g/mol. The summed E-state index contributed by atoms with van der Waals surface area (Å²) in [6.45, 7) is 5.12. The monoisotopic (exact) mass is 372 g/mol. The van der Waals surface area contributed by atoms with E-state index in [1.165, 1.54) is 0 Å². The number of alkyl carbamates (subject to hydrolysis) is 1. The molecule has 1 aliphatic heterocycles. The van der Waals surface area contributed by atoms with E-state index in [4.69, 9.17) is 15.3 Å². The number of nitrogens with one attached hydrogen (secondary N) is 2. The van der Waals surface area contributed by atoms with Gasteiger partial charge in [-0.2, -0.15) is 0 Å². The third-order valence-electron chi connectivity index (χ3n) is 3.13.